The van der Waals surface area contributed by atoms with E-state index < -0.39 is 11.6 Å². The average molecular weight is 576 g/mol. The summed E-state index contributed by atoms with van der Waals surface area (Å²) in [5, 5.41) is 3.91. The molecule has 184 valence electrons. The maximum atomic E-state index is 13.8. The zero-order valence-electron chi connectivity index (χ0n) is 20.0. The molecule has 0 heterocycles. The Bertz CT molecular complexity index is 1140. The number of nitrogens with one attached hydrogen (secondary N) is 1. The minimum absolute atomic E-state index is 0.0108. The molecule has 0 aliphatic rings. The SMILES string of the molecule is CC(C)(C)NC(=O)[C@@H](Cc1ccccc1)N(Cc1ccc(Br)cc1)C(=O)Cc1c(Cl)cccc1Cl. The second-order valence-corrected chi connectivity index (χ2v) is 11.2. The van der Waals surface area contributed by atoms with Gasteiger partial charge in [0, 0.05) is 33.0 Å². The Balaban J connectivity index is 2.02. The first-order valence-corrected chi connectivity index (χ1v) is 12.9. The predicted octanol–water partition coefficient (Wildman–Crippen LogP) is 6.85. The highest BCUT2D eigenvalue weighted by Gasteiger charge is 2.32. The summed E-state index contributed by atoms with van der Waals surface area (Å²) in [4.78, 5) is 29.0. The molecule has 7 heteroatoms. The van der Waals surface area contributed by atoms with Crippen LogP contribution in [0.15, 0.2) is 77.3 Å². The average Bonchev–Trinajstić information content (AvgIpc) is 2.79. The number of benzene rings is 3. The maximum absolute atomic E-state index is 13.8. The summed E-state index contributed by atoms with van der Waals surface area (Å²) in [6.45, 7) is 6.04. The van der Waals surface area contributed by atoms with E-state index in [4.69, 9.17) is 23.2 Å². The molecule has 0 aliphatic carbocycles. The first-order chi connectivity index (χ1) is 16.5. The summed E-state index contributed by atoms with van der Waals surface area (Å²) in [5.74, 6) is -0.440. The standard InChI is InChI=1S/C28H29BrCl2N2O2/c1-28(2,3)32-27(35)25(16-19-8-5-4-6-9-19)33(18-20-12-14-21(29)15-13-20)26(34)17-22-23(30)10-7-11-24(22)31/h4-15,25H,16-18H2,1-3H3,(H,32,35)/t25-/m1/s1. The van der Waals surface area contributed by atoms with Gasteiger partial charge in [-0.1, -0.05) is 87.7 Å². The molecule has 0 saturated carbocycles. The summed E-state index contributed by atoms with van der Waals surface area (Å²) in [5.41, 5.74) is 1.97. The molecule has 4 nitrogen and oxygen atoms in total. The Kier molecular flexibility index (Phi) is 9.40. The van der Waals surface area contributed by atoms with Crippen LogP contribution in [0.1, 0.15) is 37.5 Å². The molecule has 0 radical (unpaired) electrons. The summed E-state index contributed by atoms with van der Waals surface area (Å²) in [7, 11) is 0. The fraction of sp³-hybridized carbons (Fsp3) is 0.286. The van der Waals surface area contributed by atoms with Crippen LogP contribution in [0.25, 0.3) is 0 Å². The van der Waals surface area contributed by atoms with Gasteiger partial charge in [0.05, 0.1) is 6.42 Å². The van der Waals surface area contributed by atoms with Crippen molar-refractivity contribution in [1.82, 2.24) is 10.2 Å². The number of nitrogens with zero attached hydrogens (tertiary/aromatic N) is 1. The van der Waals surface area contributed by atoms with Crippen LogP contribution in [0.4, 0.5) is 0 Å². The summed E-state index contributed by atoms with van der Waals surface area (Å²) in [6.07, 6.45) is 0.365. The lowest BCUT2D eigenvalue weighted by Crippen LogP contribution is -2.54. The molecule has 0 saturated heterocycles. The van der Waals surface area contributed by atoms with Gasteiger partial charge in [0.15, 0.2) is 0 Å². The lowest BCUT2D eigenvalue weighted by molar-refractivity contribution is -0.141. The highest BCUT2D eigenvalue weighted by molar-refractivity contribution is 9.10. The van der Waals surface area contributed by atoms with Crippen LogP contribution >= 0.6 is 39.1 Å². The van der Waals surface area contributed by atoms with Gasteiger partial charge in [-0.15, -0.1) is 0 Å². The van der Waals surface area contributed by atoms with E-state index >= 15 is 0 Å². The van der Waals surface area contributed by atoms with E-state index in [1.807, 2.05) is 75.4 Å². The van der Waals surface area contributed by atoms with Gasteiger partial charge in [0.1, 0.15) is 6.04 Å². The van der Waals surface area contributed by atoms with Gasteiger partial charge in [-0.25, -0.2) is 0 Å². The number of carbonyl (C=O) groups is 2. The number of hydrogen-bond acceptors (Lipinski definition) is 2. The molecule has 1 atom stereocenters. The minimum Gasteiger partial charge on any atom is -0.350 e. The number of rotatable bonds is 8. The Morgan fingerprint density at radius 3 is 2.06 bits per heavy atom. The number of carbonyl (C=O) groups excluding carboxylic acids is 2. The topological polar surface area (TPSA) is 49.4 Å². The van der Waals surface area contributed by atoms with E-state index in [1.165, 1.54) is 0 Å². The summed E-state index contributed by atoms with van der Waals surface area (Å²) < 4.78 is 0.938. The van der Waals surface area contributed by atoms with Gasteiger partial charge in [-0.3, -0.25) is 9.59 Å². The van der Waals surface area contributed by atoms with Crippen LogP contribution in [-0.4, -0.2) is 28.3 Å². The maximum Gasteiger partial charge on any atom is 0.243 e. The lowest BCUT2D eigenvalue weighted by atomic mass is 10.00. The molecule has 3 rings (SSSR count). The zero-order valence-corrected chi connectivity index (χ0v) is 23.1. The van der Waals surface area contributed by atoms with Gasteiger partial charge < -0.3 is 10.2 Å². The molecule has 35 heavy (non-hydrogen) atoms. The van der Waals surface area contributed by atoms with Gasteiger partial charge in [0.25, 0.3) is 0 Å². The van der Waals surface area contributed by atoms with Crippen molar-refractivity contribution in [2.24, 2.45) is 0 Å². The molecule has 0 unspecified atom stereocenters. The first-order valence-electron chi connectivity index (χ1n) is 11.4. The molecule has 3 aromatic carbocycles. The number of halogens is 3. The Labute approximate surface area is 225 Å². The predicted molar refractivity (Wildman–Crippen MR) is 147 cm³/mol. The second-order valence-electron chi connectivity index (χ2n) is 9.47. The lowest BCUT2D eigenvalue weighted by Gasteiger charge is -2.34. The van der Waals surface area contributed by atoms with Crippen molar-refractivity contribution >= 4 is 50.9 Å². The van der Waals surface area contributed by atoms with Crippen LogP contribution in [0.5, 0.6) is 0 Å². The molecule has 0 fully saturated rings. The van der Waals surface area contributed by atoms with Gasteiger partial charge in [-0.2, -0.15) is 0 Å². The molecule has 0 aromatic heterocycles. The van der Waals surface area contributed by atoms with E-state index in [0.717, 1.165) is 15.6 Å². The van der Waals surface area contributed by atoms with E-state index in [9.17, 15) is 9.59 Å². The van der Waals surface area contributed by atoms with Gasteiger partial charge in [-0.05, 0) is 61.7 Å². The van der Waals surface area contributed by atoms with Crippen LogP contribution in [0.2, 0.25) is 10.0 Å². The molecular weight excluding hydrogens is 547 g/mol. The van der Waals surface area contributed by atoms with Gasteiger partial charge >= 0.3 is 0 Å². The van der Waals surface area contributed by atoms with E-state index in [1.54, 1.807) is 23.1 Å². The highest BCUT2D eigenvalue weighted by atomic mass is 79.9. The number of amides is 2. The van der Waals surface area contributed by atoms with Crippen molar-refractivity contribution in [1.29, 1.82) is 0 Å². The molecule has 0 bridgehead atoms. The third kappa shape index (κ3) is 8.09. The summed E-state index contributed by atoms with van der Waals surface area (Å²) >= 11 is 16.2. The van der Waals surface area contributed by atoms with E-state index in [2.05, 4.69) is 21.2 Å². The van der Waals surface area contributed by atoms with E-state index in [0.29, 0.717) is 22.0 Å². The van der Waals surface area contributed by atoms with Gasteiger partial charge in [0.2, 0.25) is 11.8 Å². The number of hydrogen-bond donors (Lipinski definition) is 1. The molecule has 1 N–H and O–H groups in total. The molecule has 2 amide bonds. The minimum atomic E-state index is -0.728. The van der Waals surface area contributed by atoms with Crippen LogP contribution in [-0.2, 0) is 29.0 Å². The van der Waals surface area contributed by atoms with Crippen LogP contribution < -0.4 is 5.32 Å². The Hall–Kier alpha value is -2.34. The third-order valence-corrected chi connectivity index (χ3v) is 6.66. The zero-order chi connectivity index (χ0) is 25.6. The molecule has 3 aromatic rings. The van der Waals surface area contributed by atoms with Crippen molar-refractivity contribution in [2.75, 3.05) is 0 Å². The Morgan fingerprint density at radius 2 is 1.49 bits per heavy atom. The monoisotopic (exact) mass is 574 g/mol. The van der Waals surface area contributed by atoms with Crippen LogP contribution in [0.3, 0.4) is 0 Å². The fourth-order valence-electron chi connectivity index (χ4n) is 3.75. The van der Waals surface area contributed by atoms with Crippen LogP contribution in [0, 0.1) is 0 Å². The fourth-order valence-corrected chi connectivity index (χ4v) is 4.54. The first kappa shape index (κ1) is 27.3. The van der Waals surface area contributed by atoms with Crippen molar-refractivity contribution in [2.45, 2.75) is 51.7 Å². The third-order valence-electron chi connectivity index (χ3n) is 5.43. The van der Waals surface area contributed by atoms with E-state index in [-0.39, 0.29) is 24.8 Å². The van der Waals surface area contributed by atoms with Crippen molar-refractivity contribution in [3.8, 4) is 0 Å². The van der Waals surface area contributed by atoms with Crippen molar-refractivity contribution in [3.05, 3.63) is 104 Å². The smallest absolute Gasteiger partial charge is 0.243 e. The second kappa shape index (κ2) is 12.1. The molecular formula is C28H29BrCl2N2O2. The Morgan fingerprint density at radius 1 is 0.886 bits per heavy atom. The summed E-state index contributed by atoms with van der Waals surface area (Å²) in [6, 6.07) is 21.9. The van der Waals surface area contributed by atoms with Crippen molar-refractivity contribution < 1.29 is 9.59 Å². The van der Waals surface area contributed by atoms with Crippen molar-refractivity contribution in [3.63, 3.8) is 0 Å². The molecule has 0 spiro atoms. The largest absolute Gasteiger partial charge is 0.350 e. The molecule has 0 aliphatic heterocycles. The quantitative estimate of drug-likeness (QED) is 0.319. The highest BCUT2D eigenvalue weighted by Crippen LogP contribution is 2.26. The normalized spacial score (nSPS) is 12.2.